The molecule has 77 heavy (non-hydrogen) atoms. The van der Waals surface area contributed by atoms with E-state index in [1.165, 1.54) is 51.7 Å². The number of hydrogen-bond donors (Lipinski definition) is 1. The molecule has 0 amide bonds. The predicted octanol–water partition coefficient (Wildman–Crippen LogP) is 16.3. The first-order valence-corrected chi connectivity index (χ1v) is 25.0. The van der Waals surface area contributed by atoms with Crippen LogP contribution in [0.2, 0.25) is 0 Å². The topological polar surface area (TPSA) is 155 Å². The van der Waals surface area contributed by atoms with Crippen molar-refractivity contribution < 1.29 is 54.2 Å². The third-order valence-corrected chi connectivity index (χ3v) is 13.0. The molecule has 398 valence electrons. The molecule has 0 saturated carbocycles. The number of para-hydroxylation sites is 2. The Bertz CT molecular complexity index is 3510. The van der Waals surface area contributed by atoms with Gasteiger partial charge < -0.3 is 32.8 Å². The monoisotopic (exact) mass is 1220 g/mol. The average Bonchev–Trinajstić information content (AvgIpc) is 3.44. The van der Waals surface area contributed by atoms with Crippen molar-refractivity contribution in [3.05, 3.63) is 259 Å². The van der Waals surface area contributed by atoms with Gasteiger partial charge in [-0.25, -0.2) is 8.42 Å². The number of nitro benzene ring substituents is 1. The fraction of sp³-hybridized carbons (Fsp3) is 0.111. The number of fused-ring (bicyclic) bond motifs is 6. The second-order valence-corrected chi connectivity index (χ2v) is 19.0. The summed E-state index contributed by atoms with van der Waals surface area (Å²) in [6.45, 7) is 12.4. The molecule has 0 unspecified atom stereocenters. The van der Waals surface area contributed by atoms with Gasteiger partial charge in [-0.2, -0.15) is 13.8 Å². The molecule has 0 spiro atoms. The first-order valence-electron chi connectivity index (χ1n) is 23.6. The van der Waals surface area contributed by atoms with Crippen LogP contribution in [-0.4, -0.2) is 40.3 Å². The fourth-order valence-corrected chi connectivity index (χ4v) is 8.39. The minimum Gasteiger partial charge on any atom is -0.572 e. The summed E-state index contributed by atoms with van der Waals surface area (Å²) in [6, 6.07) is 66.0. The second kappa shape index (κ2) is 29.7. The van der Waals surface area contributed by atoms with Crippen molar-refractivity contribution in [1.29, 1.82) is 0 Å². The minimum absolute atomic E-state index is 0. The Kier molecular flexibility index (Phi) is 23.9. The van der Waals surface area contributed by atoms with Gasteiger partial charge in [-0.3, -0.25) is 25.5 Å². The zero-order valence-corrected chi connectivity index (χ0v) is 46.3. The van der Waals surface area contributed by atoms with Gasteiger partial charge in [-0.1, -0.05) is 111 Å². The molecular weight excluding hydrogens is 1160 g/mol. The predicted molar refractivity (Wildman–Crippen MR) is 309 cm³/mol. The maximum Gasteiger partial charge on any atom is 2.00 e. The number of hydrogen-bond acceptors (Lipinski definition) is 9. The van der Waals surface area contributed by atoms with Crippen LogP contribution in [0.3, 0.4) is 0 Å². The maximum absolute atomic E-state index is 12.6. The van der Waals surface area contributed by atoms with Gasteiger partial charge in [-0.15, -0.1) is 89.6 Å². The summed E-state index contributed by atoms with van der Waals surface area (Å²) in [5.41, 5.74) is 6.20. The molecule has 0 atom stereocenters. The zero-order chi connectivity index (χ0) is 52.5. The third kappa shape index (κ3) is 16.7. The van der Waals surface area contributed by atoms with Crippen molar-refractivity contribution in [2.24, 2.45) is 5.41 Å². The summed E-state index contributed by atoms with van der Waals surface area (Å²) in [4.78, 5) is 27.2. The number of nitrogens with one attached hydrogen (secondary N) is 1. The average molecular weight is 1220 g/mol. The molecule has 11 nitrogen and oxygen atoms in total. The van der Waals surface area contributed by atoms with Crippen LogP contribution < -0.4 is 5.32 Å². The first-order chi connectivity index (χ1) is 35.7. The number of nitrogens with zero attached hydrogens (tertiary/aromatic N) is 6. The van der Waals surface area contributed by atoms with E-state index in [0.717, 1.165) is 44.8 Å². The van der Waals surface area contributed by atoms with Gasteiger partial charge in [0.15, 0.2) is 0 Å². The largest absolute Gasteiger partial charge is 2.00 e. The van der Waals surface area contributed by atoms with Gasteiger partial charge >= 0.3 is 20.4 Å². The summed E-state index contributed by atoms with van der Waals surface area (Å²) in [5, 5.41) is 21.2. The van der Waals surface area contributed by atoms with Crippen molar-refractivity contribution in [2.75, 3.05) is 12.4 Å². The van der Waals surface area contributed by atoms with Crippen molar-refractivity contribution in [2.45, 2.75) is 40.0 Å². The number of rotatable bonds is 8. The maximum atomic E-state index is 12.6. The molecule has 1 N–H and O–H groups in total. The Labute approximate surface area is 480 Å². The Balaban J connectivity index is 0.000000216. The van der Waals surface area contributed by atoms with Crippen molar-refractivity contribution in [3.8, 4) is 22.5 Å². The molecule has 0 bridgehead atoms. The summed E-state index contributed by atoms with van der Waals surface area (Å²) in [7, 11) is -2.35. The van der Waals surface area contributed by atoms with Gasteiger partial charge in [0, 0.05) is 69.6 Å². The summed E-state index contributed by atoms with van der Waals surface area (Å²) >= 11 is 0. The summed E-state index contributed by atoms with van der Waals surface area (Å²) in [6.07, 6.45) is 7.04. The number of anilines is 1. The number of sulfonamides is 1. The van der Waals surface area contributed by atoms with E-state index in [-0.39, 0.29) is 59.4 Å². The van der Waals surface area contributed by atoms with E-state index in [9.17, 15) is 18.5 Å². The van der Waals surface area contributed by atoms with Crippen LogP contribution in [0.15, 0.2) is 224 Å². The molecule has 0 fully saturated rings. The molecule has 14 heteroatoms. The van der Waals surface area contributed by atoms with Gasteiger partial charge in [0.2, 0.25) is 0 Å². The van der Waals surface area contributed by atoms with Crippen molar-refractivity contribution >= 4 is 70.4 Å². The first kappa shape index (κ1) is 62.0. The minimum atomic E-state index is -4.26. The molecule has 0 radical (unpaired) electrons. The van der Waals surface area contributed by atoms with Crippen LogP contribution in [0.1, 0.15) is 35.1 Å². The van der Waals surface area contributed by atoms with Crippen LogP contribution in [0.25, 0.3) is 70.6 Å². The quantitative estimate of drug-likeness (QED) is 0.0514. The SMILES string of the molecule is C.CNc1ccccc1-c1ccccn1.O=[N+]([O-])c1ccccc1S(=O)(=O)[N-]c1ccccc1-c1ccccn1.[CH2-]C(C)(C)[C-](C)C.[Pd+2].[Pd].[c-]1cccc2ccc3cccnc3c12.[c-]1cccc2ccc3cccnc3c12. The van der Waals surface area contributed by atoms with E-state index in [4.69, 9.17) is 0 Å². The Hall–Kier alpha value is -7.55. The van der Waals surface area contributed by atoms with Crippen molar-refractivity contribution in [3.63, 3.8) is 0 Å². The Morgan fingerprint density at radius 2 is 1.01 bits per heavy atom. The molecule has 4 heterocycles. The number of nitro groups is 1. The standard InChI is InChI=1S/C17H12N3O4S.2C13H8N.C12H12N2.C7H14.CH4.2Pd/c21-20(22)16-10-3-4-11-17(16)25(23,24)19-15-9-2-1-7-13(15)14-8-5-6-12-18-14;2*1-2-6-12-10(4-1)7-8-11-5-3-9-14-13(11)12;1-13-11-7-3-2-6-10(11)12-8-4-5-9-14-12;1-6(2)7(3,4)5;;;/h1-12H;2*1-5,7-9H;2-9,13H,1H3;3H2,1-2,4-5H3;1H4;;/q3*-1;;-2;;;+2. The molecule has 0 aliphatic carbocycles. The van der Waals surface area contributed by atoms with E-state index < -0.39 is 25.5 Å². The number of aromatic nitrogens is 4. The van der Waals surface area contributed by atoms with E-state index in [0.29, 0.717) is 11.3 Å². The summed E-state index contributed by atoms with van der Waals surface area (Å²) in [5.74, 6) is 1.38. The van der Waals surface area contributed by atoms with Gasteiger partial charge in [-0.05, 0) is 75.9 Å². The van der Waals surface area contributed by atoms with E-state index in [1.807, 2.05) is 98.4 Å². The zero-order valence-electron chi connectivity index (χ0n) is 42.3. The number of pyridine rings is 4. The van der Waals surface area contributed by atoms with E-state index >= 15 is 0 Å². The van der Waals surface area contributed by atoms with Crippen LogP contribution in [0.5, 0.6) is 0 Å². The van der Waals surface area contributed by atoms with E-state index in [1.54, 1.807) is 42.6 Å². The van der Waals surface area contributed by atoms with E-state index in [2.05, 4.69) is 131 Å². The van der Waals surface area contributed by atoms with Crippen molar-refractivity contribution in [1.82, 2.24) is 19.9 Å². The van der Waals surface area contributed by atoms with Crippen LogP contribution in [0.4, 0.5) is 17.1 Å². The smallest absolute Gasteiger partial charge is 0.572 e. The van der Waals surface area contributed by atoms with Crippen LogP contribution in [-0.2, 0) is 50.9 Å². The van der Waals surface area contributed by atoms with Gasteiger partial charge in [0.05, 0.1) is 16.3 Å². The van der Waals surface area contributed by atoms with Gasteiger partial charge in [0.25, 0.3) is 5.69 Å². The molecule has 4 aromatic heterocycles. The fourth-order valence-electron chi connectivity index (χ4n) is 7.21. The molecular formula is C63H58N7O4Pd2S-3. The van der Waals surface area contributed by atoms with Crippen LogP contribution in [0, 0.1) is 40.5 Å². The number of benzene rings is 7. The third-order valence-electron chi connectivity index (χ3n) is 11.7. The van der Waals surface area contributed by atoms with Gasteiger partial charge in [0.1, 0.15) is 14.9 Å². The molecule has 11 rings (SSSR count). The Morgan fingerprint density at radius 3 is 1.51 bits per heavy atom. The Morgan fingerprint density at radius 1 is 0.584 bits per heavy atom. The summed E-state index contributed by atoms with van der Waals surface area (Å²) < 4.78 is 29.0. The van der Waals surface area contributed by atoms with Crippen LogP contribution >= 0.6 is 0 Å². The normalized spacial score (nSPS) is 10.5. The molecule has 11 aromatic rings. The second-order valence-electron chi connectivity index (χ2n) is 17.5. The molecule has 7 aromatic carbocycles. The molecule has 0 saturated heterocycles. The molecule has 0 aliphatic rings. The molecule has 0 aliphatic heterocycles.